The molecule has 2 aliphatic heterocycles. The second-order valence-electron chi connectivity index (χ2n) is 9.10. The SMILES string of the molecule is Cc1ccc2c(c1)C(=O)N(CCCC(=O)Nc1ccc(S(=O)(=O)N3CCCC(C)C3)cc1)C2=O. The van der Waals surface area contributed by atoms with Gasteiger partial charge in [-0.2, -0.15) is 4.31 Å². The number of hydrogen-bond donors (Lipinski definition) is 1. The largest absolute Gasteiger partial charge is 0.326 e. The molecule has 2 aliphatic rings. The first kappa shape index (κ1) is 24.1. The minimum absolute atomic E-state index is 0.123. The number of benzene rings is 2. The van der Waals surface area contributed by atoms with Gasteiger partial charge in [-0.05, 0) is 68.5 Å². The molecule has 1 N–H and O–H groups in total. The smallest absolute Gasteiger partial charge is 0.261 e. The zero-order valence-corrected chi connectivity index (χ0v) is 20.2. The first-order valence-electron chi connectivity index (χ1n) is 11.5. The molecule has 2 aromatic carbocycles. The van der Waals surface area contributed by atoms with Gasteiger partial charge in [0.2, 0.25) is 15.9 Å². The lowest BCUT2D eigenvalue weighted by atomic mass is 10.0. The van der Waals surface area contributed by atoms with E-state index in [9.17, 15) is 22.8 Å². The van der Waals surface area contributed by atoms with Gasteiger partial charge >= 0.3 is 0 Å². The van der Waals surface area contributed by atoms with Gasteiger partial charge < -0.3 is 5.32 Å². The van der Waals surface area contributed by atoms with Crippen LogP contribution in [-0.4, -0.2) is 55.0 Å². The van der Waals surface area contributed by atoms with E-state index >= 15 is 0 Å². The topological polar surface area (TPSA) is 104 Å². The summed E-state index contributed by atoms with van der Waals surface area (Å²) in [5, 5.41) is 2.74. The molecule has 1 saturated heterocycles. The number of piperidine rings is 1. The van der Waals surface area contributed by atoms with Crippen LogP contribution in [0.5, 0.6) is 0 Å². The Bertz CT molecular complexity index is 1220. The minimum atomic E-state index is -3.55. The number of carbonyl (C=O) groups excluding carboxylic acids is 3. The number of rotatable bonds is 7. The van der Waals surface area contributed by atoms with E-state index in [0.29, 0.717) is 42.2 Å². The standard InChI is InChI=1S/C25H29N3O5S/c1-17-7-12-21-22(15-17)25(31)28(24(21)30)14-4-6-23(29)26-19-8-10-20(11-9-19)34(32,33)27-13-3-5-18(2)16-27/h7-12,15,18H,3-6,13-14,16H2,1-2H3,(H,26,29). The van der Waals surface area contributed by atoms with Crippen LogP contribution >= 0.6 is 0 Å². The molecule has 1 unspecified atom stereocenters. The van der Waals surface area contributed by atoms with Crippen LogP contribution in [0.4, 0.5) is 5.69 Å². The van der Waals surface area contributed by atoms with Crippen molar-refractivity contribution in [3.8, 4) is 0 Å². The molecule has 9 heteroatoms. The predicted octanol–water partition coefficient (Wildman–Crippen LogP) is 3.43. The normalized spacial score (nSPS) is 18.8. The lowest BCUT2D eigenvalue weighted by Crippen LogP contribution is -2.39. The third kappa shape index (κ3) is 4.90. The molecule has 0 radical (unpaired) electrons. The summed E-state index contributed by atoms with van der Waals surface area (Å²) in [5.74, 6) is -0.594. The molecule has 0 aliphatic carbocycles. The Balaban J connectivity index is 1.29. The minimum Gasteiger partial charge on any atom is -0.326 e. The number of fused-ring (bicyclic) bond motifs is 1. The number of carbonyl (C=O) groups is 3. The van der Waals surface area contributed by atoms with Crippen LogP contribution < -0.4 is 5.32 Å². The number of hydrogen-bond acceptors (Lipinski definition) is 5. The molecule has 34 heavy (non-hydrogen) atoms. The molecule has 0 saturated carbocycles. The number of aryl methyl sites for hydroxylation is 1. The Kier molecular flexibility index (Phi) is 6.86. The average molecular weight is 484 g/mol. The highest BCUT2D eigenvalue weighted by molar-refractivity contribution is 7.89. The summed E-state index contributed by atoms with van der Waals surface area (Å²) < 4.78 is 27.3. The van der Waals surface area contributed by atoms with Crippen LogP contribution in [0.1, 0.15) is 58.9 Å². The number of nitrogens with zero attached hydrogens (tertiary/aromatic N) is 2. The number of nitrogens with one attached hydrogen (secondary N) is 1. The molecule has 4 rings (SSSR count). The molecule has 180 valence electrons. The second kappa shape index (κ2) is 9.68. The predicted molar refractivity (Wildman–Crippen MR) is 128 cm³/mol. The van der Waals surface area contributed by atoms with E-state index in [1.54, 1.807) is 30.3 Å². The molecular weight excluding hydrogens is 454 g/mol. The van der Waals surface area contributed by atoms with Gasteiger partial charge in [-0.1, -0.05) is 18.6 Å². The van der Waals surface area contributed by atoms with Crippen molar-refractivity contribution in [2.75, 3.05) is 25.0 Å². The summed E-state index contributed by atoms with van der Waals surface area (Å²) in [7, 11) is -3.55. The van der Waals surface area contributed by atoms with Gasteiger partial charge in [0.1, 0.15) is 0 Å². The summed E-state index contributed by atoms with van der Waals surface area (Å²) in [4.78, 5) is 38.7. The van der Waals surface area contributed by atoms with Crippen LogP contribution in [0.15, 0.2) is 47.4 Å². The third-order valence-electron chi connectivity index (χ3n) is 6.31. The van der Waals surface area contributed by atoms with Crippen molar-refractivity contribution in [1.29, 1.82) is 0 Å². The first-order chi connectivity index (χ1) is 16.2. The van der Waals surface area contributed by atoms with Gasteiger partial charge in [0.15, 0.2) is 0 Å². The fraction of sp³-hybridized carbons (Fsp3) is 0.400. The summed E-state index contributed by atoms with van der Waals surface area (Å²) in [6, 6.07) is 11.3. The van der Waals surface area contributed by atoms with Gasteiger partial charge in [-0.15, -0.1) is 0 Å². The number of imide groups is 1. The molecule has 0 aromatic heterocycles. The highest BCUT2D eigenvalue weighted by Gasteiger charge is 2.35. The van der Waals surface area contributed by atoms with Crippen LogP contribution in [0.3, 0.4) is 0 Å². The lowest BCUT2D eigenvalue weighted by Gasteiger charge is -2.30. The zero-order chi connectivity index (χ0) is 24.5. The third-order valence-corrected chi connectivity index (χ3v) is 8.19. The summed E-state index contributed by atoms with van der Waals surface area (Å²) in [6.07, 6.45) is 2.34. The van der Waals surface area contributed by atoms with Gasteiger partial charge in [0.25, 0.3) is 11.8 Å². The van der Waals surface area contributed by atoms with E-state index in [0.717, 1.165) is 18.4 Å². The average Bonchev–Trinajstić information content (AvgIpc) is 3.03. The molecule has 0 bridgehead atoms. The van der Waals surface area contributed by atoms with Gasteiger partial charge in [0, 0.05) is 31.7 Å². The van der Waals surface area contributed by atoms with Gasteiger partial charge in [-0.25, -0.2) is 8.42 Å². The van der Waals surface area contributed by atoms with E-state index in [-0.39, 0.29) is 35.6 Å². The monoisotopic (exact) mass is 483 g/mol. The number of sulfonamides is 1. The molecule has 8 nitrogen and oxygen atoms in total. The maximum Gasteiger partial charge on any atom is 0.261 e. The molecular formula is C25H29N3O5S. The van der Waals surface area contributed by atoms with Crippen molar-refractivity contribution < 1.29 is 22.8 Å². The molecule has 2 heterocycles. The van der Waals surface area contributed by atoms with Crippen molar-refractivity contribution in [2.45, 2.75) is 44.4 Å². The highest BCUT2D eigenvalue weighted by Crippen LogP contribution is 2.25. The van der Waals surface area contributed by atoms with Crippen molar-refractivity contribution in [2.24, 2.45) is 5.92 Å². The van der Waals surface area contributed by atoms with Crippen molar-refractivity contribution in [3.05, 3.63) is 59.2 Å². The Morgan fingerprint density at radius 2 is 1.76 bits per heavy atom. The van der Waals surface area contributed by atoms with E-state index < -0.39 is 10.0 Å². The van der Waals surface area contributed by atoms with Crippen molar-refractivity contribution in [3.63, 3.8) is 0 Å². The Hall–Kier alpha value is -3.04. The van der Waals surface area contributed by atoms with E-state index in [1.165, 1.54) is 21.3 Å². The zero-order valence-electron chi connectivity index (χ0n) is 19.4. The number of anilines is 1. The molecule has 2 aromatic rings. The fourth-order valence-electron chi connectivity index (χ4n) is 4.45. The second-order valence-corrected chi connectivity index (χ2v) is 11.0. The van der Waals surface area contributed by atoms with Crippen LogP contribution in [0, 0.1) is 12.8 Å². The highest BCUT2D eigenvalue weighted by atomic mass is 32.2. The molecule has 0 spiro atoms. The van der Waals surface area contributed by atoms with Crippen LogP contribution in [-0.2, 0) is 14.8 Å². The maximum atomic E-state index is 12.9. The van der Waals surface area contributed by atoms with Gasteiger partial charge in [0.05, 0.1) is 16.0 Å². The Morgan fingerprint density at radius 3 is 2.47 bits per heavy atom. The van der Waals surface area contributed by atoms with E-state index in [1.807, 2.05) is 6.92 Å². The van der Waals surface area contributed by atoms with E-state index in [2.05, 4.69) is 12.2 Å². The molecule has 3 amide bonds. The van der Waals surface area contributed by atoms with E-state index in [4.69, 9.17) is 0 Å². The van der Waals surface area contributed by atoms with Crippen molar-refractivity contribution in [1.82, 2.24) is 9.21 Å². The molecule has 1 atom stereocenters. The molecule has 1 fully saturated rings. The summed E-state index contributed by atoms with van der Waals surface area (Å²) in [6.45, 7) is 5.12. The van der Waals surface area contributed by atoms with Crippen LogP contribution in [0.2, 0.25) is 0 Å². The maximum absolute atomic E-state index is 12.9. The first-order valence-corrected chi connectivity index (χ1v) is 13.0. The number of amides is 3. The van der Waals surface area contributed by atoms with Crippen LogP contribution in [0.25, 0.3) is 0 Å². The quantitative estimate of drug-likeness (QED) is 0.608. The summed E-state index contributed by atoms with van der Waals surface area (Å²) in [5.41, 5.74) is 2.20. The fourth-order valence-corrected chi connectivity index (χ4v) is 6.05. The lowest BCUT2D eigenvalue weighted by molar-refractivity contribution is -0.116. The Labute approximate surface area is 200 Å². The Morgan fingerprint density at radius 1 is 1.06 bits per heavy atom. The van der Waals surface area contributed by atoms with Crippen molar-refractivity contribution >= 4 is 33.4 Å². The van der Waals surface area contributed by atoms with Gasteiger partial charge in [-0.3, -0.25) is 19.3 Å². The summed E-state index contributed by atoms with van der Waals surface area (Å²) >= 11 is 0.